The van der Waals surface area contributed by atoms with Gasteiger partial charge in [0, 0.05) is 11.0 Å². The Bertz CT molecular complexity index is 275. The summed E-state index contributed by atoms with van der Waals surface area (Å²) >= 11 is 3.36. The average Bonchev–Trinajstić information content (AvgIpc) is 2.08. The Hall–Kier alpha value is -0.380. The molecule has 0 aromatic heterocycles. The summed E-state index contributed by atoms with van der Waals surface area (Å²) in [5, 5.41) is 9.48. The summed E-state index contributed by atoms with van der Waals surface area (Å²) in [6, 6.07) is 5.84. The Morgan fingerprint density at radius 1 is 1.58 bits per heavy atom. The van der Waals surface area contributed by atoms with E-state index in [-0.39, 0.29) is 6.54 Å². The Morgan fingerprint density at radius 2 is 2.25 bits per heavy atom. The van der Waals surface area contributed by atoms with E-state index in [0.29, 0.717) is 0 Å². The van der Waals surface area contributed by atoms with Crippen molar-refractivity contribution < 1.29 is 5.11 Å². The molecule has 12 heavy (non-hydrogen) atoms. The summed E-state index contributed by atoms with van der Waals surface area (Å²) in [5.74, 6) is 0. The van der Waals surface area contributed by atoms with Gasteiger partial charge in [-0.05, 0) is 18.6 Å². The van der Waals surface area contributed by atoms with E-state index >= 15 is 0 Å². The number of hydrogen-bond donors (Lipinski definition) is 2. The molecule has 0 bridgehead atoms. The van der Waals surface area contributed by atoms with Gasteiger partial charge in [0.25, 0.3) is 0 Å². The van der Waals surface area contributed by atoms with Crippen molar-refractivity contribution in [1.29, 1.82) is 0 Å². The zero-order chi connectivity index (χ0) is 9.14. The van der Waals surface area contributed by atoms with Crippen LogP contribution in [0, 0.1) is 6.92 Å². The predicted molar refractivity (Wildman–Crippen MR) is 52.9 cm³/mol. The van der Waals surface area contributed by atoms with E-state index in [4.69, 9.17) is 5.73 Å². The van der Waals surface area contributed by atoms with E-state index in [9.17, 15) is 5.11 Å². The van der Waals surface area contributed by atoms with Gasteiger partial charge in [0.2, 0.25) is 0 Å². The molecule has 0 aliphatic carbocycles. The summed E-state index contributed by atoms with van der Waals surface area (Å²) in [4.78, 5) is 0. The molecule has 0 fully saturated rings. The summed E-state index contributed by atoms with van der Waals surface area (Å²) in [6.45, 7) is 2.24. The fourth-order valence-corrected chi connectivity index (χ4v) is 1.56. The minimum atomic E-state index is -0.570. The number of hydrogen-bond acceptors (Lipinski definition) is 2. The Morgan fingerprint density at radius 3 is 2.83 bits per heavy atom. The van der Waals surface area contributed by atoms with E-state index in [1.165, 1.54) is 0 Å². The van der Waals surface area contributed by atoms with Crippen LogP contribution in [0.1, 0.15) is 17.2 Å². The molecule has 1 atom stereocenters. The van der Waals surface area contributed by atoms with E-state index in [2.05, 4.69) is 15.9 Å². The van der Waals surface area contributed by atoms with Crippen LogP contribution in [-0.2, 0) is 0 Å². The number of aliphatic hydroxyl groups is 1. The van der Waals surface area contributed by atoms with Crippen LogP contribution >= 0.6 is 15.9 Å². The van der Waals surface area contributed by atoms with Gasteiger partial charge in [0.1, 0.15) is 0 Å². The largest absolute Gasteiger partial charge is 0.387 e. The Balaban J connectivity index is 3.04. The highest BCUT2D eigenvalue weighted by Gasteiger charge is 2.08. The van der Waals surface area contributed by atoms with Crippen molar-refractivity contribution in [3.05, 3.63) is 33.8 Å². The van der Waals surface area contributed by atoms with Crippen LogP contribution in [0.25, 0.3) is 0 Å². The predicted octanol–water partition coefficient (Wildman–Crippen LogP) is 1.75. The van der Waals surface area contributed by atoms with Gasteiger partial charge < -0.3 is 10.8 Å². The third-order valence-corrected chi connectivity index (χ3v) is 2.46. The second-order valence-corrected chi connectivity index (χ2v) is 3.63. The highest BCUT2D eigenvalue weighted by molar-refractivity contribution is 9.10. The second-order valence-electron chi connectivity index (χ2n) is 2.78. The summed E-state index contributed by atoms with van der Waals surface area (Å²) in [5.41, 5.74) is 7.34. The molecule has 0 aliphatic rings. The molecule has 0 unspecified atom stereocenters. The zero-order valence-corrected chi connectivity index (χ0v) is 8.51. The number of halogens is 1. The van der Waals surface area contributed by atoms with Crippen LogP contribution in [0.3, 0.4) is 0 Å². The van der Waals surface area contributed by atoms with E-state index in [0.717, 1.165) is 15.6 Å². The van der Waals surface area contributed by atoms with Crippen molar-refractivity contribution in [3.63, 3.8) is 0 Å². The Kier molecular flexibility index (Phi) is 3.26. The lowest BCUT2D eigenvalue weighted by Crippen LogP contribution is -2.12. The molecule has 1 aromatic rings. The topological polar surface area (TPSA) is 46.2 Å². The van der Waals surface area contributed by atoms with Gasteiger partial charge in [-0.15, -0.1) is 0 Å². The number of aliphatic hydroxyl groups excluding tert-OH is 1. The first-order valence-corrected chi connectivity index (χ1v) is 4.58. The van der Waals surface area contributed by atoms with Crippen molar-refractivity contribution in [2.75, 3.05) is 6.54 Å². The molecule has 2 nitrogen and oxygen atoms in total. The molecule has 0 heterocycles. The minimum Gasteiger partial charge on any atom is -0.387 e. The average molecular weight is 230 g/mol. The van der Waals surface area contributed by atoms with Crippen molar-refractivity contribution in [1.82, 2.24) is 0 Å². The first-order chi connectivity index (χ1) is 5.65. The third-order valence-electron chi connectivity index (χ3n) is 1.73. The zero-order valence-electron chi connectivity index (χ0n) is 6.92. The molecule has 66 valence electrons. The van der Waals surface area contributed by atoms with Crippen LogP contribution in [0.2, 0.25) is 0 Å². The lowest BCUT2D eigenvalue weighted by molar-refractivity contribution is 0.186. The van der Waals surface area contributed by atoms with E-state index in [1.807, 2.05) is 25.1 Å². The number of rotatable bonds is 2. The fraction of sp³-hybridized carbons (Fsp3) is 0.333. The molecular weight excluding hydrogens is 218 g/mol. The molecule has 3 heteroatoms. The molecule has 0 amide bonds. The first kappa shape index (κ1) is 9.71. The van der Waals surface area contributed by atoms with Crippen molar-refractivity contribution in [2.45, 2.75) is 13.0 Å². The molecule has 3 N–H and O–H groups in total. The molecule has 0 radical (unpaired) electrons. The molecule has 0 aliphatic heterocycles. The van der Waals surface area contributed by atoms with Crippen molar-refractivity contribution in [2.24, 2.45) is 5.73 Å². The van der Waals surface area contributed by atoms with Crippen LogP contribution < -0.4 is 5.73 Å². The monoisotopic (exact) mass is 229 g/mol. The molecule has 0 spiro atoms. The quantitative estimate of drug-likeness (QED) is 0.812. The number of aryl methyl sites for hydroxylation is 1. The van der Waals surface area contributed by atoms with Gasteiger partial charge in [0.05, 0.1) is 6.10 Å². The van der Waals surface area contributed by atoms with E-state index in [1.54, 1.807) is 0 Å². The van der Waals surface area contributed by atoms with Crippen molar-refractivity contribution in [3.8, 4) is 0 Å². The first-order valence-electron chi connectivity index (χ1n) is 3.79. The lowest BCUT2D eigenvalue weighted by atomic mass is 10.1. The van der Waals surface area contributed by atoms with Crippen molar-refractivity contribution >= 4 is 15.9 Å². The summed E-state index contributed by atoms with van der Waals surface area (Å²) in [7, 11) is 0. The molecule has 1 rings (SSSR count). The maximum atomic E-state index is 9.48. The molecule has 0 saturated heterocycles. The lowest BCUT2D eigenvalue weighted by Gasteiger charge is -2.10. The summed E-state index contributed by atoms with van der Waals surface area (Å²) < 4.78 is 0.908. The maximum absolute atomic E-state index is 9.48. The second kappa shape index (κ2) is 4.03. The minimum absolute atomic E-state index is 0.252. The standard InChI is InChI=1S/C9H12BrNO/c1-6-2-3-8(10)7(4-6)9(12)5-11/h2-4,9,12H,5,11H2,1H3/t9-/m0/s1. The van der Waals surface area contributed by atoms with Crippen LogP contribution in [0.15, 0.2) is 22.7 Å². The third kappa shape index (κ3) is 2.06. The molecular formula is C9H12BrNO. The van der Waals surface area contributed by atoms with Gasteiger partial charge >= 0.3 is 0 Å². The molecule has 0 saturated carbocycles. The highest BCUT2D eigenvalue weighted by Crippen LogP contribution is 2.23. The normalized spacial score (nSPS) is 13.0. The van der Waals surface area contributed by atoms with Gasteiger partial charge in [-0.1, -0.05) is 33.6 Å². The number of nitrogens with two attached hydrogens (primary N) is 1. The Labute approximate surface area is 80.5 Å². The fourth-order valence-electron chi connectivity index (χ4n) is 1.05. The van der Waals surface area contributed by atoms with Crippen LogP contribution in [0.4, 0.5) is 0 Å². The highest BCUT2D eigenvalue weighted by atomic mass is 79.9. The summed E-state index contributed by atoms with van der Waals surface area (Å²) in [6.07, 6.45) is -0.570. The SMILES string of the molecule is Cc1ccc(Br)c([C@@H](O)CN)c1. The van der Waals surface area contributed by atoms with Gasteiger partial charge in [0.15, 0.2) is 0 Å². The van der Waals surface area contributed by atoms with Gasteiger partial charge in [-0.3, -0.25) is 0 Å². The van der Waals surface area contributed by atoms with Gasteiger partial charge in [-0.2, -0.15) is 0 Å². The number of benzene rings is 1. The maximum Gasteiger partial charge on any atom is 0.0923 e. The van der Waals surface area contributed by atoms with Crippen LogP contribution in [0.5, 0.6) is 0 Å². The van der Waals surface area contributed by atoms with E-state index < -0.39 is 6.10 Å². The van der Waals surface area contributed by atoms with Gasteiger partial charge in [-0.25, -0.2) is 0 Å². The smallest absolute Gasteiger partial charge is 0.0923 e. The molecule has 1 aromatic carbocycles. The van der Waals surface area contributed by atoms with Crippen LogP contribution in [-0.4, -0.2) is 11.7 Å².